The highest BCUT2D eigenvalue weighted by atomic mass is 35.5. The number of rotatable bonds is 5. The van der Waals surface area contributed by atoms with Crippen LogP contribution in [0.3, 0.4) is 0 Å². The molecule has 0 aliphatic heterocycles. The third kappa shape index (κ3) is 5.46. The molecule has 2 rings (SSSR count). The van der Waals surface area contributed by atoms with E-state index in [1.807, 2.05) is 31.2 Å². The van der Waals surface area contributed by atoms with Crippen molar-refractivity contribution in [1.82, 2.24) is 0 Å². The summed E-state index contributed by atoms with van der Waals surface area (Å²) in [5.74, 6) is 0.189. The number of carbonyl (C=O) groups is 1. The van der Waals surface area contributed by atoms with Crippen molar-refractivity contribution in [3.8, 4) is 0 Å². The quantitative estimate of drug-likeness (QED) is 0.745. The summed E-state index contributed by atoms with van der Waals surface area (Å²) in [6, 6.07) is 11.1. The molecule has 0 fully saturated rings. The number of hydrogen-bond donors (Lipinski definition) is 1. The summed E-state index contributed by atoms with van der Waals surface area (Å²) in [6.45, 7) is 1.98. The van der Waals surface area contributed by atoms with Crippen LogP contribution in [0.5, 0.6) is 0 Å². The number of amides is 1. The summed E-state index contributed by atoms with van der Waals surface area (Å²) >= 11 is 6.94. The topological polar surface area (TPSA) is 29.1 Å². The van der Waals surface area contributed by atoms with Gasteiger partial charge in [0.25, 0.3) is 0 Å². The van der Waals surface area contributed by atoms with Gasteiger partial charge >= 0.3 is 6.18 Å². The molecule has 0 saturated heterocycles. The van der Waals surface area contributed by atoms with Gasteiger partial charge in [-0.2, -0.15) is 13.2 Å². The second kappa shape index (κ2) is 7.94. The fourth-order valence-electron chi connectivity index (χ4n) is 1.99. The first-order valence-corrected chi connectivity index (χ1v) is 8.59. The van der Waals surface area contributed by atoms with Crippen molar-refractivity contribution in [2.75, 3.05) is 11.1 Å². The molecule has 0 spiro atoms. The Morgan fingerprint density at radius 1 is 1.17 bits per heavy atom. The van der Waals surface area contributed by atoms with Gasteiger partial charge in [0, 0.05) is 10.8 Å². The lowest BCUT2D eigenvalue weighted by molar-refractivity contribution is -0.137. The van der Waals surface area contributed by atoms with Crippen LogP contribution >= 0.6 is 23.4 Å². The van der Waals surface area contributed by atoms with Crippen LogP contribution in [0.4, 0.5) is 18.9 Å². The van der Waals surface area contributed by atoms with E-state index in [1.165, 1.54) is 17.8 Å². The van der Waals surface area contributed by atoms with Gasteiger partial charge in [-0.15, -0.1) is 11.8 Å². The Balaban J connectivity index is 1.94. The molecule has 0 aromatic heterocycles. The molecule has 128 valence electrons. The third-order valence-corrected chi connectivity index (χ3v) is 4.42. The van der Waals surface area contributed by atoms with Crippen LogP contribution in [0.25, 0.3) is 0 Å². The van der Waals surface area contributed by atoms with Gasteiger partial charge in [0.05, 0.1) is 17.0 Å². The molecule has 0 aliphatic carbocycles. The van der Waals surface area contributed by atoms with Crippen molar-refractivity contribution in [3.63, 3.8) is 0 Å². The average molecular weight is 374 g/mol. The van der Waals surface area contributed by atoms with Gasteiger partial charge in [0.15, 0.2) is 0 Å². The lowest BCUT2D eigenvalue weighted by Gasteiger charge is -2.14. The zero-order valence-corrected chi connectivity index (χ0v) is 14.4. The monoisotopic (exact) mass is 373 g/mol. The number of carbonyl (C=O) groups excluding carboxylic acids is 1. The zero-order chi connectivity index (χ0) is 17.7. The van der Waals surface area contributed by atoms with Crippen LogP contribution in [0.1, 0.15) is 16.7 Å². The first-order valence-electron chi connectivity index (χ1n) is 7.05. The lowest BCUT2D eigenvalue weighted by Crippen LogP contribution is -2.18. The molecular formula is C17H15ClF3NOS. The Labute approximate surface area is 147 Å². The van der Waals surface area contributed by atoms with E-state index in [-0.39, 0.29) is 16.5 Å². The summed E-state index contributed by atoms with van der Waals surface area (Å²) in [7, 11) is 0. The number of hydrogen-bond acceptors (Lipinski definition) is 2. The zero-order valence-electron chi connectivity index (χ0n) is 12.8. The van der Waals surface area contributed by atoms with E-state index in [2.05, 4.69) is 5.32 Å². The van der Waals surface area contributed by atoms with Crippen LogP contribution in [0.15, 0.2) is 42.5 Å². The number of benzene rings is 2. The van der Waals surface area contributed by atoms with Gasteiger partial charge in [0.2, 0.25) is 5.91 Å². The Kier molecular flexibility index (Phi) is 6.18. The number of halogens is 4. The summed E-state index contributed by atoms with van der Waals surface area (Å²) in [6.07, 6.45) is -4.58. The SMILES string of the molecule is Cc1ccc(CSCC(=O)Nc2ccc(Cl)cc2C(F)(F)F)cc1. The first kappa shape index (κ1) is 18.7. The van der Waals surface area contributed by atoms with Crippen LogP contribution in [-0.4, -0.2) is 11.7 Å². The van der Waals surface area contributed by atoms with E-state index in [4.69, 9.17) is 11.6 Å². The van der Waals surface area contributed by atoms with Crippen LogP contribution in [0, 0.1) is 6.92 Å². The molecule has 1 N–H and O–H groups in total. The summed E-state index contributed by atoms with van der Waals surface area (Å²) in [4.78, 5) is 11.9. The number of anilines is 1. The smallest absolute Gasteiger partial charge is 0.325 e. The second-order valence-corrected chi connectivity index (χ2v) is 6.64. The third-order valence-electron chi connectivity index (χ3n) is 3.18. The van der Waals surface area contributed by atoms with Gasteiger partial charge in [-0.25, -0.2) is 0 Å². The second-order valence-electron chi connectivity index (χ2n) is 5.21. The van der Waals surface area contributed by atoms with E-state index in [9.17, 15) is 18.0 Å². The number of thioether (sulfide) groups is 1. The van der Waals surface area contributed by atoms with Crippen molar-refractivity contribution in [2.24, 2.45) is 0 Å². The largest absolute Gasteiger partial charge is 0.418 e. The lowest BCUT2D eigenvalue weighted by atomic mass is 10.1. The van der Waals surface area contributed by atoms with Crippen LogP contribution in [0.2, 0.25) is 5.02 Å². The van der Waals surface area contributed by atoms with Crippen molar-refractivity contribution in [3.05, 3.63) is 64.2 Å². The predicted octanol–water partition coefficient (Wildman–Crippen LogP) is 5.54. The normalized spacial score (nSPS) is 11.4. The molecule has 0 bridgehead atoms. The molecular weight excluding hydrogens is 359 g/mol. The van der Waals surface area contributed by atoms with E-state index in [0.29, 0.717) is 5.75 Å². The molecule has 2 nitrogen and oxygen atoms in total. The molecule has 2 aromatic rings. The van der Waals surface area contributed by atoms with E-state index in [0.717, 1.165) is 23.3 Å². The molecule has 0 saturated carbocycles. The molecule has 0 aliphatic rings. The summed E-state index contributed by atoms with van der Waals surface area (Å²) in [5.41, 5.74) is 0.963. The highest BCUT2D eigenvalue weighted by Gasteiger charge is 2.34. The maximum atomic E-state index is 13.0. The molecule has 0 unspecified atom stereocenters. The molecule has 0 heterocycles. The van der Waals surface area contributed by atoms with Crippen molar-refractivity contribution in [2.45, 2.75) is 18.9 Å². The highest BCUT2D eigenvalue weighted by Crippen LogP contribution is 2.36. The van der Waals surface area contributed by atoms with Crippen molar-refractivity contribution >= 4 is 35.0 Å². The van der Waals surface area contributed by atoms with E-state index < -0.39 is 17.6 Å². The Morgan fingerprint density at radius 3 is 2.46 bits per heavy atom. The fraction of sp³-hybridized carbons (Fsp3) is 0.235. The maximum absolute atomic E-state index is 13.0. The minimum absolute atomic E-state index is 0.0333. The molecule has 0 atom stereocenters. The fourth-order valence-corrected chi connectivity index (χ4v) is 2.95. The minimum Gasteiger partial charge on any atom is -0.325 e. The first-order chi connectivity index (χ1) is 11.3. The van der Waals surface area contributed by atoms with Gasteiger partial charge in [-0.05, 0) is 30.7 Å². The minimum atomic E-state index is -4.58. The standard InChI is InChI=1S/C17H15ClF3NOS/c1-11-2-4-12(5-3-11)9-24-10-16(23)22-15-7-6-13(18)8-14(15)17(19,20)21/h2-8H,9-10H2,1H3,(H,22,23). The summed E-state index contributed by atoms with van der Waals surface area (Å²) < 4.78 is 38.9. The van der Waals surface area contributed by atoms with Gasteiger partial charge in [-0.3, -0.25) is 4.79 Å². The van der Waals surface area contributed by atoms with Gasteiger partial charge < -0.3 is 5.32 Å². The number of aryl methyl sites for hydroxylation is 1. The van der Waals surface area contributed by atoms with Gasteiger partial charge in [0.1, 0.15) is 0 Å². The van der Waals surface area contributed by atoms with Gasteiger partial charge in [-0.1, -0.05) is 41.4 Å². The molecule has 1 amide bonds. The maximum Gasteiger partial charge on any atom is 0.418 e. The number of nitrogens with one attached hydrogen (secondary N) is 1. The Morgan fingerprint density at radius 2 is 1.83 bits per heavy atom. The Bertz CT molecular complexity index is 717. The van der Waals surface area contributed by atoms with Crippen molar-refractivity contribution < 1.29 is 18.0 Å². The van der Waals surface area contributed by atoms with E-state index in [1.54, 1.807) is 0 Å². The Hall–Kier alpha value is -1.66. The number of alkyl halides is 3. The molecule has 0 radical (unpaired) electrons. The predicted molar refractivity (Wildman–Crippen MR) is 92.4 cm³/mol. The molecule has 2 aromatic carbocycles. The van der Waals surface area contributed by atoms with Crippen LogP contribution < -0.4 is 5.32 Å². The van der Waals surface area contributed by atoms with Crippen molar-refractivity contribution in [1.29, 1.82) is 0 Å². The molecule has 24 heavy (non-hydrogen) atoms. The van der Waals surface area contributed by atoms with Crippen LogP contribution in [-0.2, 0) is 16.7 Å². The highest BCUT2D eigenvalue weighted by molar-refractivity contribution is 7.99. The van der Waals surface area contributed by atoms with E-state index >= 15 is 0 Å². The molecule has 7 heteroatoms. The average Bonchev–Trinajstić information content (AvgIpc) is 2.50. The summed E-state index contributed by atoms with van der Waals surface area (Å²) in [5, 5.41) is 2.27.